The molecule has 4 nitrogen and oxygen atoms in total. The molecule has 0 spiro atoms. The molecule has 146 valence electrons. The van der Waals surface area contributed by atoms with Gasteiger partial charge in [0.1, 0.15) is 17.7 Å². The Balaban J connectivity index is 1.65. The number of nitrogens with two attached hydrogens (primary N) is 1. The van der Waals surface area contributed by atoms with Gasteiger partial charge in [0.05, 0.1) is 6.42 Å². The number of hydrogen-bond acceptors (Lipinski definition) is 2. The van der Waals surface area contributed by atoms with E-state index in [-0.39, 0.29) is 12.0 Å². The van der Waals surface area contributed by atoms with Gasteiger partial charge >= 0.3 is 0 Å². The molecule has 3 aromatic rings. The largest absolute Gasteiger partial charge is 0.368 e. The minimum atomic E-state index is -1.00. The highest BCUT2D eigenvalue weighted by atomic mass is 19.1. The predicted octanol–water partition coefficient (Wildman–Crippen LogP) is 3.29. The Morgan fingerprint density at radius 1 is 0.931 bits per heavy atom. The molecular weight excluding hydrogens is 374 g/mol. The van der Waals surface area contributed by atoms with Crippen molar-refractivity contribution in [1.29, 1.82) is 0 Å². The van der Waals surface area contributed by atoms with Crippen molar-refractivity contribution in [2.45, 2.75) is 18.4 Å². The average molecular weight is 392 g/mol. The summed E-state index contributed by atoms with van der Waals surface area (Å²) in [5.41, 5.74) is 9.44. The van der Waals surface area contributed by atoms with E-state index in [1.807, 2.05) is 48.5 Å². The molecule has 0 saturated carbocycles. The van der Waals surface area contributed by atoms with Gasteiger partial charge in [-0.25, -0.2) is 8.78 Å². The lowest BCUT2D eigenvalue weighted by molar-refractivity contribution is -0.127. The number of rotatable bonds is 5. The van der Waals surface area contributed by atoms with Crippen molar-refractivity contribution in [1.82, 2.24) is 5.32 Å². The van der Waals surface area contributed by atoms with Crippen LogP contribution in [0, 0.1) is 11.6 Å². The van der Waals surface area contributed by atoms with Crippen LogP contribution in [0.2, 0.25) is 0 Å². The second kappa shape index (κ2) is 7.47. The number of fused-ring (bicyclic) bond motifs is 3. The fraction of sp³-hybridized carbons (Fsp3) is 0.130. The number of hydrogen-bond donors (Lipinski definition) is 2. The van der Waals surface area contributed by atoms with Crippen LogP contribution in [-0.2, 0) is 16.0 Å². The van der Waals surface area contributed by atoms with Crippen LogP contribution in [-0.4, -0.2) is 17.9 Å². The van der Waals surface area contributed by atoms with Crippen LogP contribution in [0.4, 0.5) is 8.78 Å². The molecule has 29 heavy (non-hydrogen) atoms. The minimum absolute atomic E-state index is 0.0411. The van der Waals surface area contributed by atoms with Crippen molar-refractivity contribution in [3.05, 3.63) is 95.1 Å². The van der Waals surface area contributed by atoms with Crippen molar-refractivity contribution >= 4 is 11.8 Å². The van der Waals surface area contributed by atoms with Crippen LogP contribution < -0.4 is 11.1 Å². The maximum Gasteiger partial charge on any atom is 0.240 e. The Hall–Kier alpha value is -3.54. The van der Waals surface area contributed by atoms with Crippen LogP contribution >= 0.6 is 0 Å². The van der Waals surface area contributed by atoms with E-state index in [2.05, 4.69) is 5.32 Å². The lowest BCUT2D eigenvalue weighted by Gasteiger charge is -2.24. The van der Waals surface area contributed by atoms with Crippen molar-refractivity contribution in [3.8, 4) is 11.1 Å². The van der Waals surface area contributed by atoms with Crippen LogP contribution in [0.15, 0.2) is 66.7 Å². The molecule has 0 radical (unpaired) electrons. The third-order valence-corrected chi connectivity index (χ3v) is 5.20. The quantitative estimate of drug-likeness (QED) is 0.699. The number of amides is 2. The van der Waals surface area contributed by atoms with Gasteiger partial charge in [0.15, 0.2) is 0 Å². The van der Waals surface area contributed by atoms with Gasteiger partial charge < -0.3 is 11.1 Å². The molecule has 0 aliphatic heterocycles. The third-order valence-electron chi connectivity index (χ3n) is 5.20. The molecule has 3 aromatic carbocycles. The molecule has 1 aliphatic carbocycles. The lowest BCUT2D eigenvalue weighted by atomic mass is 9.88. The highest BCUT2D eigenvalue weighted by Gasteiger charge is 2.37. The first-order valence-corrected chi connectivity index (χ1v) is 9.16. The summed E-state index contributed by atoms with van der Waals surface area (Å²) in [5.74, 6) is -3.23. The summed E-state index contributed by atoms with van der Waals surface area (Å²) in [6.07, 6.45) is -0.327. The van der Waals surface area contributed by atoms with E-state index in [0.29, 0.717) is 0 Å². The Labute approximate surface area is 166 Å². The van der Waals surface area contributed by atoms with E-state index in [0.717, 1.165) is 34.4 Å². The Morgan fingerprint density at radius 3 is 2.07 bits per heavy atom. The number of carbonyl (C=O) groups is 2. The van der Waals surface area contributed by atoms with E-state index in [4.69, 9.17) is 5.73 Å². The predicted molar refractivity (Wildman–Crippen MR) is 105 cm³/mol. The number of nitrogens with one attached hydrogen (secondary N) is 1. The van der Waals surface area contributed by atoms with Crippen molar-refractivity contribution in [2.24, 2.45) is 5.73 Å². The van der Waals surface area contributed by atoms with Crippen LogP contribution in [0.5, 0.6) is 0 Å². The highest BCUT2D eigenvalue weighted by Crippen LogP contribution is 2.46. The summed E-state index contributed by atoms with van der Waals surface area (Å²) in [6.45, 7) is 0. The summed E-state index contributed by atoms with van der Waals surface area (Å²) in [4.78, 5) is 24.9. The highest BCUT2D eigenvalue weighted by molar-refractivity contribution is 5.91. The summed E-state index contributed by atoms with van der Waals surface area (Å²) in [6, 6.07) is 17.3. The van der Waals surface area contributed by atoms with E-state index in [9.17, 15) is 18.4 Å². The van der Waals surface area contributed by atoms with Crippen molar-refractivity contribution in [2.75, 3.05) is 0 Å². The smallest absolute Gasteiger partial charge is 0.240 e. The van der Waals surface area contributed by atoms with Gasteiger partial charge in [0.2, 0.25) is 11.8 Å². The molecule has 1 aliphatic rings. The fourth-order valence-electron chi connectivity index (χ4n) is 3.93. The van der Waals surface area contributed by atoms with Gasteiger partial charge in [-0.15, -0.1) is 0 Å². The average Bonchev–Trinajstić information content (AvgIpc) is 3.02. The van der Waals surface area contributed by atoms with Gasteiger partial charge in [0.25, 0.3) is 0 Å². The van der Waals surface area contributed by atoms with Gasteiger partial charge in [-0.05, 0) is 33.9 Å². The zero-order valence-electron chi connectivity index (χ0n) is 15.4. The number of carbonyl (C=O) groups excluding carboxylic acids is 2. The van der Waals surface area contributed by atoms with Crippen LogP contribution in [0.1, 0.15) is 22.6 Å². The first-order chi connectivity index (χ1) is 14.0. The zero-order chi connectivity index (χ0) is 20.5. The molecule has 2 amide bonds. The van der Waals surface area contributed by atoms with E-state index in [1.165, 1.54) is 6.07 Å². The molecule has 1 atom stereocenters. The Kier molecular flexibility index (Phi) is 4.84. The lowest BCUT2D eigenvalue weighted by Crippen LogP contribution is -2.48. The molecule has 6 heteroatoms. The normalized spacial score (nSPS) is 13.4. The Bertz CT molecular complexity index is 1070. The molecule has 0 unspecified atom stereocenters. The Morgan fingerprint density at radius 2 is 1.52 bits per heavy atom. The van der Waals surface area contributed by atoms with Crippen molar-refractivity contribution < 1.29 is 18.4 Å². The van der Waals surface area contributed by atoms with Crippen LogP contribution in [0.25, 0.3) is 11.1 Å². The monoisotopic (exact) mass is 392 g/mol. The maximum absolute atomic E-state index is 13.9. The second-order valence-corrected chi connectivity index (χ2v) is 7.01. The number of benzene rings is 3. The minimum Gasteiger partial charge on any atom is -0.368 e. The molecule has 0 aromatic heterocycles. The topological polar surface area (TPSA) is 72.2 Å². The molecule has 0 saturated heterocycles. The maximum atomic E-state index is 13.9. The van der Waals surface area contributed by atoms with Gasteiger partial charge in [-0.1, -0.05) is 54.6 Å². The fourth-order valence-corrected chi connectivity index (χ4v) is 3.93. The van der Waals surface area contributed by atoms with E-state index < -0.39 is 35.4 Å². The van der Waals surface area contributed by atoms with Gasteiger partial charge in [-0.3, -0.25) is 9.59 Å². The van der Waals surface area contributed by atoms with E-state index in [1.54, 1.807) is 0 Å². The summed E-state index contributed by atoms with van der Waals surface area (Å²) in [7, 11) is 0. The first-order valence-electron chi connectivity index (χ1n) is 9.16. The third kappa shape index (κ3) is 3.49. The standard InChI is InChI=1S/C23H18F2N2O2/c24-14-10-9-13(19(25)12-14)11-20(28)27-22(23(26)29)21-17-7-3-1-5-15(17)16-6-2-4-8-18(16)21/h1-10,12,21-22H,11H2,(H2,26,29)(H,27,28)/t22-/m1/s1. The first kappa shape index (κ1) is 18.8. The molecular formula is C23H18F2N2O2. The summed E-state index contributed by atoms with van der Waals surface area (Å²) < 4.78 is 27.0. The summed E-state index contributed by atoms with van der Waals surface area (Å²) >= 11 is 0. The number of halogens is 2. The summed E-state index contributed by atoms with van der Waals surface area (Å²) in [5, 5.41) is 2.66. The molecule has 0 heterocycles. The molecule has 0 bridgehead atoms. The van der Waals surface area contributed by atoms with Crippen LogP contribution in [0.3, 0.4) is 0 Å². The zero-order valence-corrected chi connectivity index (χ0v) is 15.4. The van der Waals surface area contributed by atoms with Gasteiger partial charge in [0, 0.05) is 12.0 Å². The SMILES string of the molecule is NC(=O)[C@H](NC(=O)Cc1ccc(F)cc1F)C1c2ccccc2-c2ccccc21. The molecule has 3 N–H and O–H groups in total. The molecule has 0 fully saturated rings. The second-order valence-electron chi connectivity index (χ2n) is 7.01. The van der Waals surface area contributed by atoms with E-state index >= 15 is 0 Å². The number of primary amides is 1. The van der Waals surface area contributed by atoms with Crippen molar-refractivity contribution in [3.63, 3.8) is 0 Å². The van der Waals surface area contributed by atoms with Gasteiger partial charge in [-0.2, -0.15) is 0 Å². The molecule has 4 rings (SSSR count).